The van der Waals surface area contributed by atoms with Crippen molar-refractivity contribution >= 4 is 26.7 Å². The number of aromatic hydroxyl groups is 2. The Morgan fingerprint density at radius 2 is 1.63 bits per heavy atom. The second kappa shape index (κ2) is 9.79. The van der Waals surface area contributed by atoms with Crippen molar-refractivity contribution in [3.63, 3.8) is 0 Å². The van der Waals surface area contributed by atoms with Crippen LogP contribution in [0.15, 0.2) is 90.6 Å². The largest absolute Gasteiger partial charge is 0.504 e. The lowest BCUT2D eigenvalue weighted by molar-refractivity contribution is 0.103. The molecule has 0 atom stereocenters. The molecule has 38 heavy (non-hydrogen) atoms. The van der Waals surface area contributed by atoms with Gasteiger partial charge in [0, 0.05) is 16.3 Å². The van der Waals surface area contributed by atoms with E-state index in [1.54, 1.807) is 18.2 Å². The first-order valence-electron chi connectivity index (χ1n) is 10.3. The van der Waals surface area contributed by atoms with E-state index in [9.17, 15) is 33.0 Å². The molecule has 4 rings (SSSR count). The fraction of sp³-hybridized carbons (Fsp3) is 0. The van der Waals surface area contributed by atoms with Crippen LogP contribution in [0.5, 0.6) is 17.2 Å². The maximum atomic E-state index is 13.2. The van der Waals surface area contributed by atoms with Gasteiger partial charge in [0.25, 0.3) is 5.39 Å². The van der Waals surface area contributed by atoms with Crippen LogP contribution in [0.3, 0.4) is 0 Å². The number of rotatable bonds is 6. The number of phenols is 2. The molecule has 0 radical (unpaired) electrons. The molecule has 14 nitrogen and oxygen atoms in total. The van der Waals surface area contributed by atoms with Gasteiger partial charge in [0.1, 0.15) is 4.90 Å². The Bertz CT molecular complexity index is 2030. The molecule has 0 amide bonds. The first-order chi connectivity index (χ1) is 18.1. The molecule has 15 heteroatoms. The predicted molar refractivity (Wildman–Crippen MR) is 128 cm³/mol. The molecule has 2 N–H and O–H groups in total. The maximum absolute atomic E-state index is 13.2. The van der Waals surface area contributed by atoms with Gasteiger partial charge >= 0.3 is 15.2 Å². The van der Waals surface area contributed by atoms with Crippen molar-refractivity contribution in [3.05, 3.63) is 114 Å². The molecule has 0 aromatic heterocycles. The van der Waals surface area contributed by atoms with E-state index < -0.39 is 70.4 Å². The van der Waals surface area contributed by atoms with Crippen LogP contribution >= 0.6 is 0 Å². The zero-order valence-corrected chi connectivity index (χ0v) is 19.5. The highest BCUT2D eigenvalue weighted by atomic mass is 32.2. The quantitative estimate of drug-likeness (QED) is 0.0694. The predicted octanol–water partition coefficient (Wildman–Crippen LogP) is 1.35. The molecule has 0 saturated heterocycles. The molecule has 0 aliphatic carbocycles. The summed E-state index contributed by atoms with van der Waals surface area (Å²) in [5.41, 5.74) is 6.06. The van der Waals surface area contributed by atoms with Crippen molar-refractivity contribution in [2.45, 2.75) is 4.90 Å². The van der Waals surface area contributed by atoms with Gasteiger partial charge in [0.05, 0.1) is 10.9 Å². The maximum Gasteiger partial charge on any atom is 0.340 e. The molecular weight excluding hydrogens is 520 g/mol. The Labute approximate surface area is 211 Å². The van der Waals surface area contributed by atoms with E-state index in [2.05, 4.69) is 20.5 Å². The number of hydrogen-bond acceptors (Lipinski definition) is 11. The lowest BCUT2D eigenvalue weighted by Crippen LogP contribution is -2.48. The minimum Gasteiger partial charge on any atom is -0.504 e. The summed E-state index contributed by atoms with van der Waals surface area (Å²) < 4.78 is 31.5. The number of carbonyl (C=O) groups excluding carboxylic acids is 1. The highest BCUT2D eigenvalue weighted by molar-refractivity contribution is 7.87. The molecule has 0 fully saturated rings. The fourth-order valence-electron chi connectivity index (χ4n) is 3.63. The van der Waals surface area contributed by atoms with Gasteiger partial charge in [-0.3, -0.25) is 19.6 Å². The molecule has 0 heterocycles. The number of carbonyl (C=O) groups is 1. The van der Waals surface area contributed by atoms with Crippen LogP contribution in [0, 0.1) is 5.39 Å². The summed E-state index contributed by atoms with van der Waals surface area (Å²) in [4.78, 5) is 36.8. The summed E-state index contributed by atoms with van der Waals surface area (Å²) in [6, 6.07) is 12.9. The number of nitrogens with zero attached hydrogens (tertiary/aromatic N) is 6. The summed E-state index contributed by atoms with van der Waals surface area (Å²) in [5, 5.41) is 38.4. The minimum atomic E-state index is -4.98. The minimum absolute atomic E-state index is 0.187. The van der Waals surface area contributed by atoms with E-state index >= 15 is 0 Å². The SMILES string of the molecule is N#[N+]N=c1c(=NN=[N-])c(=O)c(=O)c2cccc(S(=O)(=O)Oc3ccc(C(=O)c4ccccc4)c(O)c3O)c12. The van der Waals surface area contributed by atoms with Gasteiger partial charge in [0.2, 0.25) is 16.6 Å². The van der Waals surface area contributed by atoms with Gasteiger partial charge in [-0.05, 0) is 18.2 Å². The molecule has 0 bridgehead atoms. The van der Waals surface area contributed by atoms with E-state index in [1.165, 1.54) is 12.1 Å². The van der Waals surface area contributed by atoms with Crippen molar-refractivity contribution in [3.8, 4) is 17.2 Å². The van der Waals surface area contributed by atoms with E-state index in [1.807, 2.05) is 0 Å². The van der Waals surface area contributed by atoms with Crippen molar-refractivity contribution in [1.82, 2.24) is 0 Å². The first-order valence-corrected chi connectivity index (χ1v) is 11.7. The molecule has 0 saturated carbocycles. The lowest BCUT2D eigenvalue weighted by atomic mass is 10.0. The van der Waals surface area contributed by atoms with E-state index in [0.717, 1.165) is 30.3 Å². The molecule has 0 aliphatic rings. The van der Waals surface area contributed by atoms with Gasteiger partial charge in [-0.1, -0.05) is 42.5 Å². The third-order valence-corrected chi connectivity index (χ3v) is 6.58. The van der Waals surface area contributed by atoms with E-state index in [4.69, 9.17) is 15.1 Å². The fourth-order valence-corrected chi connectivity index (χ4v) is 4.79. The summed E-state index contributed by atoms with van der Waals surface area (Å²) >= 11 is 0. The van der Waals surface area contributed by atoms with Crippen LogP contribution in [-0.2, 0) is 10.1 Å². The summed E-state index contributed by atoms with van der Waals surface area (Å²) in [5.74, 6) is -3.48. The Hall–Kier alpha value is -5.62. The lowest BCUT2D eigenvalue weighted by Gasteiger charge is -2.12. The Balaban J connectivity index is 1.91. The molecule has 0 aliphatic heterocycles. The number of fused-ring (bicyclic) bond motifs is 1. The van der Waals surface area contributed by atoms with E-state index in [0.29, 0.717) is 0 Å². The second-order valence-electron chi connectivity index (χ2n) is 7.45. The highest BCUT2D eigenvalue weighted by Gasteiger charge is 2.27. The van der Waals surface area contributed by atoms with Crippen LogP contribution in [0.1, 0.15) is 15.9 Å². The van der Waals surface area contributed by atoms with Crippen LogP contribution in [0.25, 0.3) is 21.4 Å². The van der Waals surface area contributed by atoms with Crippen LogP contribution < -0.4 is 25.8 Å². The molecule has 0 spiro atoms. The van der Waals surface area contributed by atoms with Crippen molar-refractivity contribution in [2.24, 2.45) is 15.4 Å². The first kappa shape index (κ1) is 25.5. The van der Waals surface area contributed by atoms with Crippen molar-refractivity contribution < 1.29 is 27.6 Å². The Morgan fingerprint density at radius 1 is 0.921 bits per heavy atom. The van der Waals surface area contributed by atoms with Crippen LogP contribution in [-0.4, -0.2) is 24.4 Å². The summed E-state index contributed by atoms with van der Waals surface area (Å²) in [6.45, 7) is 0. The number of hydrogen-bond donors (Lipinski definition) is 2. The van der Waals surface area contributed by atoms with Gasteiger partial charge < -0.3 is 25.0 Å². The topological polar surface area (TPSA) is 223 Å². The molecule has 188 valence electrons. The molecular formula is C23H12N6O8S. The third-order valence-electron chi connectivity index (χ3n) is 5.31. The summed E-state index contributed by atoms with van der Waals surface area (Å²) in [6.07, 6.45) is 0. The van der Waals surface area contributed by atoms with Gasteiger partial charge in [-0.2, -0.15) is 8.42 Å². The highest BCUT2D eigenvalue weighted by Crippen LogP contribution is 2.40. The standard InChI is InChI=1S/C23H11N6O8S/c24-28-26-17-16-12(20(31)23(34)18(17)27-29-25)7-4-8-15(16)38(35,36)37-14-10-9-13(21(32)22(14)33)19(30)11-5-2-1-3-6-11/h1-10,24H/q-1/p+1. The molecule has 4 aromatic rings. The number of diazo groups is 1. The van der Waals surface area contributed by atoms with Crippen molar-refractivity contribution in [2.75, 3.05) is 0 Å². The normalized spacial score (nSPS) is 12.3. The van der Waals surface area contributed by atoms with Gasteiger partial charge in [0.15, 0.2) is 27.7 Å². The molecule has 4 aromatic carbocycles. The zero-order chi connectivity index (χ0) is 27.6. The molecule has 0 unspecified atom stereocenters. The van der Waals surface area contributed by atoms with Gasteiger partial charge in [-0.25, -0.2) is 0 Å². The Kier molecular flexibility index (Phi) is 6.56. The average molecular weight is 532 g/mol. The number of benzene rings is 4. The van der Waals surface area contributed by atoms with E-state index in [-0.39, 0.29) is 11.1 Å². The third kappa shape index (κ3) is 4.27. The smallest absolute Gasteiger partial charge is 0.340 e. The van der Waals surface area contributed by atoms with Crippen LogP contribution in [0.2, 0.25) is 0 Å². The monoisotopic (exact) mass is 532 g/mol. The summed E-state index contributed by atoms with van der Waals surface area (Å²) in [7, 11) is -4.98. The Morgan fingerprint density at radius 3 is 2.29 bits per heavy atom. The average Bonchev–Trinajstić information content (AvgIpc) is 2.91. The zero-order valence-electron chi connectivity index (χ0n) is 18.7. The number of phenolic OH excluding ortho intramolecular Hbond substituents is 2. The van der Waals surface area contributed by atoms with Gasteiger partial charge in [-0.15, -0.1) is 0 Å². The van der Waals surface area contributed by atoms with Crippen LogP contribution in [0.4, 0.5) is 0 Å². The van der Waals surface area contributed by atoms with Crippen molar-refractivity contribution in [1.29, 1.82) is 5.39 Å². The number of ketones is 1. The second-order valence-corrected chi connectivity index (χ2v) is 8.97.